The summed E-state index contributed by atoms with van der Waals surface area (Å²) in [6.45, 7) is 0.419. The normalized spacial score (nSPS) is 19.1. The van der Waals surface area contributed by atoms with Crippen molar-refractivity contribution < 1.29 is 19.4 Å². The summed E-state index contributed by atoms with van der Waals surface area (Å²) < 4.78 is 5.74. The summed E-state index contributed by atoms with van der Waals surface area (Å²) in [6, 6.07) is 16.9. The van der Waals surface area contributed by atoms with Crippen molar-refractivity contribution in [1.82, 2.24) is 10.6 Å². The standard InChI is InChI=1S/C21H24N2O4/c24-20(25)16-8-10-17(11-9-16)23-21(26)22-14-15-6-12-19(13-7-15)27-18-4-2-1-3-5-18/h1-7,12-13,16-17H,8-11,14H2,(H,24,25)(H2,22,23,26). The maximum absolute atomic E-state index is 12.0. The number of carbonyl (C=O) groups is 2. The number of carboxylic acid groups (broad SMARTS) is 1. The molecule has 0 saturated heterocycles. The molecule has 1 fully saturated rings. The molecule has 0 heterocycles. The maximum atomic E-state index is 12.0. The van der Waals surface area contributed by atoms with E-state index in [0.717, 1.165) is 17.1 Å². The molecule has 0 spiro atoms. The summed E-state index contributed by atoms with van der Waals surface area (Å²) >= 11 is 0. The predicted molar refractivity (Wildman–Crippen MR) is 102 cm³/mol. The minimum atomic E-state index is -0.738. The van der Waals surface area contributed by atoms with E-state index in [1.165, 1.54) is 0 Å². The van der Waals surface area contributed by atoms with Crippen LogP contribution in [0.15, 0.2) is 54.6 Å². The monoisotopic (exact) mass is 368 g/mol. The number of nitrogens with one attached hydrogen (secondary N) is 2. The first-order chi connectivity index (χ1) is 13.1. The van der Waals surface area contributed by atoms with Crippen molar-refractivity contribution in [2.24, 2.45) is 5.92 Å². The van der Waals surface area contributed by atoms with Gasteiger partial charge in [-0.1, -0.05) is 30.3 Å². The van der Waals surface area contributed by atoms with Crippen LogP contribution in [0.1, 0.15) is 31.2 Å². The van der Waals surface area contributed by atoms with E-state index in [2.05, 4.69) is 10.6 Å². The fourth-order valence-corrected chi connectivity index (χ4v) is 3.20. The second kappa shape index (κ2) is 9.07. The number of hydrogen-bond donors (Lipinski definition) is 3. The minimum Gasteiger partial charge on any atom is -0.481 e. The number of benzene rings is 2. The highest BCUT2D eigenvalue weighted by molar-refractivity contribution is 5.74. The molecule has 6 nitrogen and oxygen atoms in total. The Morgan fingerprint density at radius 2 is 1.56 bits per heavy atom. The van der Waals surface area contributed by atoms with E-state index in [1.807, 2.05) is 54.6 Å². The molecule has 0 atom stereocenters. The summed E-state index contributed by atoms with van der Waals surface area (Å²) in [4.78, 5) is 23.0. The second-order valence-corrected chi connectivity index (χ2v) is 6.77. The zero-order valence-electron chi connectivity index (χ0n) is 15.1. The molecule has 6 heteroatoms. The Morgan fingerprint density at radius 3 is 2.19 bits per heavy atom. The molecule has 27 heavy (non-hydrogen) atoms. The fourth-order valence-electron chi connectivity index (χ4n) is 3.20. The van der Waals surface area contributed by atoms with Crippen LogP contribution in [-0.4, -0.2) is 23.1 Å². The smallest absolute Gasteiger partial charge is 0.315 e. The van der Waals surface area contributed by atoms with E-state index >= 15 is 0 Å². The van der Waals surface area contributed by atoms with Gasteiger partial charge in [0.25, 0.3) is 0 Å². The Morgan fingerprint density at radius 1 is 0.926 bits per heavy atom. The first-order valence-electron chi connectivity index (χ1n) is 9.19. The highest BCUT2D eigenvalue weighted by Gasteiger charge is 2.26. The number of rotatable bonds is 6. The average molecular weight is 368 g/mol. The molecule has 2 aromatic carbocycles. The van der Waals surface area contributed by atoms with Crippen molar-refractivity contribution in [3.8, 4) is 11.5 Å². The van der Waals surface area contributed by atoms with Crippen molar-refractivity contribution in [1.29, 1.82) is 0 Å². The van der Waals surface area contributed by atoms with Crippen LogP contribution in [-0.2, 0) is 11.3 Å². The molecular formula is C21H24N2O4. The molecule has 0 radical (unpaired) electrons. The SMILES string of the molecule is O=C(NCc1ccc(Oc2ccccc2)cc1)NC1CCC(C(=O)O)CC1. The minimum absolute atomic E-state index is 0.0437. The number of carboxylic acids is 1. The molecule has 1 aliphatic rings. The average Bonchev–Trinajstić information content (AvgIpc) is 2.69. The van der Waals surface area contributed by atoms with Gasteiger partial charge in [-0.2, -0.15) is 0 Å². The lowest BCUT2D eigenvalue weighted by molar-refractivity contribution is -0.142. The molecule has 142 valence electrons. The van der Waals surface area contributed by atoms with Crippen LogP contribution in [0.5, 0.6) is 11.5 Å². The Bertz CT molecular complexity index is 754. The highest BCUT2D eigenvalue weighted by Crippen LogP contribution is 2.24. The van der Waals surface area contributed by atoms with Crippen LogP contribution < -0.4 is 15.4 Å². The van der Waals surface area contributed by atoms with Crippen molar-refractivity contribution in [2.45, 2.75) is 38.3 Å². The molecule has 3 N–H and O–H groups in total. The molecule has 0 aromatic heterocycles. The molecule has 2 aromatic rings. The molecule has 0 unspecified atom stereocenters. The van der Waals surface area contributed by atoms with Crippen LogP contribution in [0.25, 0.3) is 0 Å². The number of para-hydroxylation sites is 1. The molecule has 2 amide bonds. The van der Waals surface area contributed by atoms with Gasteiger partial charge in [0.2, 0.25) is 0 Å². The third-order valence-electron chi connectivity index (χ3n) is 4.77. The molecule has 0 aliphatic heterocycles. The highest BCUT2D eigenvalue weighted by atomic mass is 16.5. The van der Waals surface area contributed by atoms with E-state index in [1.54, 1.807) is 0 Å². The van der Waals surface area contributed by atoms with Gasteiger partial charge in [0.1, 0.15) is 11.5 Å². The predicted octanol–water partition coefficient (Wildman–Crippen LogP) is 3.92. The van der Waals surface area contributed by atoms with Crippen molar-refractivity contribution in [2.75, 3.05) is 0 Å². The van der Waals surface area contributed by atoms with Gasteiger partial charge < -0.3 is 20.5 Å². The van der Waals surface area contributed by atoms with Gasteiger partial charge >= 0.3 is 12.0 Å². The topological polar surface area (TPSA) is 87.7 Å². The van der Waals surface area contributed by atoms with Crippen LogP contribution >= 0.6 is 0 Å². The largest absolute Gasteiger partial charge is 0.481 e. The van der Waals surface area contributed by atoms with Crippen molar-refractivity contribution in [3.05, 3.63) is 60.2 Å². The van der Waals surface area contributed by atoms with Gasteiger partial charge in [-0.05, 0) is 55.5 Å². The zero-order chi connectivity index (χ0) is 19.1. The number of amides is 2. The Hall–Kier alpha value is -3.02. The van der Waals surface area contributed by atoms with E-state index in [-0.39, 0.29) is 18.0 Å². The first kappa shape index (κ1) is 18.8. The Kier molecular flexibility index (Phi) is 6.30. The fraction of sp³-hybridized carbons (Fsp3) is 0.333. The van der Waals surface area contributed by atoms with Gasteiger partial charge in [-0.3, -0.25) is 4.79 Å². The lowest BCUT2D eigenvalue weighted by Crippen LogP contribution is -2.43. The molecule has 3 rings (SSSR count). The van der Waals surface area contributed by atoms with Gasteiger partial charge in [-0.25, -0.2) is 4.79 Å². The van der Waals surface area contributed by atoms with Crippen molar-refractivity contribution in [3.63, 3.8) is 0 Å². The van der Waals surface area contributed by atoms with E-state index in [9.17, 15) is 9.59 Å². The summed E-state index contributed by atoms with van der Waals surface area (Å²) in [5, 5.41) is 14.8. The van der Waals surface area contributed by atoms with Crippen LogP contribution in [0, 0.1) is 5.92 Å². The lowest BCUT2D eigenvalue weighted by atomic mass is 9.86. The summed E-state index contributed by atoms with van der Waals surface area (Å²) in [5.74, 6) is 0.505. The van der Waals surface area contributed by atoms with Crippen LogP contribution in [0.3, 0.4) is 0 Å². The lowest BCUT2D eigenvalue weighted by Gasteiger charge is -2.26. The number of carbonyl (C=O) groups excluding carboxylic acids is 1. The zero-order valence-corrected chi connectivity index (χ0v) is 15.1. The van der Waals surface area contributed by atoms with E-state index < -0.39 is 5.97 Å². The molecule has 1 saturated carbocycles. The summed E-state index contributed by atoms with van der Waals surface area (Å²) in [6.07, 6.45) is 2.64. The van der Waals surface area contributed by atoms with Crippen LogP contribution in [0.4, 0.5) is 4.79 Å². The number of ether oxygens (including phenoxy) is 1. The maximum Gasteiger partial charge on any atom is 0.315 e. The van der Waals surface area contributed by atoms with Crippen molar-refractivity contribution >= 4 is 12.0 Å². The van der Waals surface area contributed by atoms with Gasteiger partial charge in [0.05, 0.1) is 5.92 Å². The number of aliphatic carboxylic acids is 1. The van der Waals surface area contributed by atoms with Gasteiger partial charge in [0, 0.05) is 12.6 Å². The summed E-state index contributed by atoms with van der Waals surface area (Å²) in [7, 11) is 0. The van der Waals surface area contributed by atoms with Gasteiger partial charge in [0.15, 0.2) is 0 Å². The molecular weight excluding hydrogens is 344 g/mol. The number of hydrogen-bond acceptors (Lipinski definition) is 3. The Balaban J connectivity index is 1.41. The second-order valence-electron chi connectivity index (χ2n) is 6.77. The molecule has 1 aliphatic carbocycles. The number of urea groups is 1. The van der Waals surface area contributed by atoms with E-state index in [4.69, 9.17) is 9.84 Å². The third-order valence-corrected chi connectivity index (χ3v) is 4.77. The summed E-state index contributed by atoms with van der Waals surface area (Å²) in [5.41, 5.74) is 0.972. The first-order valence-corrected chi connectivity index (χ1v) is 9.19. The Labute approximate surface area is 158 Å². The quantitative estimate of drug-likeness (QED) is 0.721. The third kappa shape index (κ3) is 5.74. The molecule has 0 bridgehead atoms. The van der Waals surface area contributed by atoms with E-state index in [0.29, 0.717) is 32.2 Å². The van der Waals surface area contributed by atoms with Gasteiger partial charge in [-0.15, -0.1) is 0 Å². The van der Waals surface area contributed by atoms with Crippen LogP contribution in [0.2, 0.25) is 0 Å².